The lowest BCUT2D eigenvalue weighted by molar-refractivity contribution is 0.109. The molecule has 0 aliphatic carbocycles. The van der Waals surface area contributed by atoms with E-state index in [1.165, 1.54) is 18.8 Å². The minimum absolute atomic E-state index is 0. The first kappa shape index (κ1) is 27.0. The molecule has 2 N–H and O–H groups in total. The lowest BCUT2D eigenvalue weighted by Crippen LogP contribution is -2.50. The summed E-state index contributed by atoms with van der Waals surface area (Å²) < 4.78 is 0. The first-order valence-electron chi connectivity index (χ1n) is 11.5. The molecule has 0 bridgehead atoms. The maximum absolute atomic E-state index is 4.85. The van der Waals surface area contributed by atoms with Gasteiger partial charge in [-0.05, 0) is 45.9 Å². The standard InChI is InChI=1S/C23H42N6.HI/c1-5-24-23(26-20-21(4)29-18-16-27(6-2)17-19-29)25-14-11-15-28(7-3)22-12-9-8-10-13-22;/h8-10,12-13,21H,5-7,11,14-20H2,1-4H3,(H2,24,25,26);1H. The molecule has 0 amide bonds. The van der Waals surface area contributed by atoms with Crippen LogP contribution in [0.1, 0.15) is 34.1 Å². The highest BCUT2D eigenvalue weighted by Gasteiger charge is 2.19. The van der Waals surface area contributed by atoms with Gasteiger partial charge in [0.15, 0.2) is 5.96 Å². The average Bonchev–Trinajstić information content (AvgIpc) is 2.77. The van der Waals surface area contributed by atoms with E-state index < -0.39 is 0 Å². The summed E-state index contributed by atoms with van der Waals surface area (Å²) in [5, 5.41) is 6.90. The largest absolute Gasteiger partial charge is 0.372 e. The molecule has 1 aromatic carbocycles. The molecule has 6 nitrogen and oxygen atoms in total. The molecule has 0 radical (unpaired) electrons. The molecule has 1 saturated heterocycles. The van der Waals surface area contributed by atoms with E-state index >= 15 is 0 Å². The Hall–Kier alpha value is -1.06. The highest BCUT2D eigenvalue weighted by atomic mass is 127. The van der Waals surface area contributed by atoms with Crippen LogP contribution in [0.5, 0.6) is 0 Å². The van der Waals surface area contributed by atoms with Crippen LogP contribution < -0.4 is 15.5 Å². The van der Waals surface area contributed by atoms with Gasteiger partial charge in [0.05, 0.1) is 6.54 Å². The normalized spacial score (nSPS) is 16.6. The monoisotopic (exact) mass is 530 g/mol. The van der Waals surface area contributed by atoms with Gasteiger partial charge in [-0.25, -0.2) is 0 Å². The highest BCUT2D eigenvalue weighted by molar-refractivity contribution is 14.0. The molecular formula is C23H43IN6. The van der Waals surface area contributed by atoms with E-state index in [-0.39, 0.29) is 24.0 Å². The van der Waals surface area contributed by atoms with Crippen molar-refractivity contribution in [2.45, 2.75) is 40.2 Å². The number of hydrogen-bond donors (Lipinski definition) is 2. The predicted octanol–water partition coefficient (Wildman–Crippen LogP) is 3.10. The first-order valence-corrected chi connectivity index (χ1v) is 11.5. The SMILES string of the molecule is CCNC(=NCC(C)N1CCN(CC)CC1)NCCCN(CC)c1ccccc1.I. The summed E-state index contributed by atoms with van der Waals surface area (Å²) in [6.45, 7) is 19.4. The minimum Gasteiger partial charge on any atom is -0.372 e. The fraction of sp³-hybridized carbons (Fsp3) is 0.696. The number of piperazine rings is 1. The second kappa shape index (κ2) is 15.7. The summed E-state index contributed by atoms with van der Waals surface area (Å²) in [4.78, 5) is 12.4. The maximum Gasteiger partial charge on any atom is 0.191 e. The Morgan fingerprint density at radius 1 is 1.07 bits per heavy atom. The number of anilines is 1. The van der Waals surface area contributed by atoms with E-state index in [4.69, 9.17) is 4.99 Å². The molecule has 1 aliphatic rings. The van der Waals surface area contributed by atoms with Crippen molar-refractivity contribution >= 4 is 35.6 Å². The summed E-state index contributed by atoms with van der Waals surface area (Å²) in [6.07, 6.45) is 1.08. The number of nitrogens with one attached hydrogen (secondary N) is 2. The van der Waals surface area contributed by atoms with Crippen molar-refractivity contribution in [2.24, 2.45) is 4.99 Å². The molecule has 0 saturated carbocycles. The number of hydrogen-bond acceptors (Lipinski definition) is 4. The number of guanidine groups is 1. The Morgan fingerprint density at radius 3 is 2.37 bits per heavy atom. The van der Waals surface area contributed by atoms with Gasteiger partial charge in [0, 0.05) is 64.1 Å². The van der Waals surface area contributed by atoms with Crippen LogP contribution in [0, 0.1) is 0 Å². The zero-order valence-corrected chi connectivity index (χ0v) is 21.8. The molecule has 0 aromatic heterocycles. The Labute approximate surface area is 201 Å². The molecule has 1 atom stereocenters. The van der Waals surface area contributed by atoms with Crippen LogP contribution >= 0.6 is 24.0 Å². The summed E-state index contributed by atoms with van der Waals surface area (Å²) >= 11 is 0. The maximum atomic E-state index is 4.85. The van der Waals surface area contributed by atoms with E-state index in [0.717, 1.165) is 64.7 Å². The quantitative estimate of drug-likeness (QED) is 0.199. The van der Waals surface area contributed by atoms with Crippen molar-refractivity contribution in [1.29, 1.82) is 0 Å². The Morgan fingerprint density at radius 2 is 1.77 bits per heavy atom. The zero-order valence-electron chi connectivity index (χ0n) is 19.4. The Bertz CT molecular complexity index is 574. The van der Waals surface area contributed by atoms with Crippen molar-refractivity contribution < 1.29 is 0 Å². The molecule has 1 aliphatic heterocycles. The Kier molecular flexibility index (Phi) is 14.1. The molecule has 1 aromatic rings. The van der Waals surface area contributed by atoms with E-state index in [9.17, 15) is 0 Å². The molecule has 1 unspecified atom stereocenters. The first-order chi connectivity index (χ1) is 14.2. The third-order valence-electron chi connectivity index (χ3n) is 5.74. The highest BCUT2D eigenvalue weighted by Crippen LogP contribution is 2.12. The molecule has 1 heterocycles. The van der Waals surface area contributed by atoms with E-state index in [1.807, 2.05) is 0 Å². The average molecular weight is 531 g/mol. The Balaban J connectivity index is 0.00000450. The molecule has 172 valence electrons. The van der Waals surface area contributed by atoms with Crippen LogP contribution in [-0.4, -0.2) is 87.2 Å². The molecule has 30 heavy (non-hydrogen) atoms. The lowest BCUT2D eigenvalue weighted by atomic mass is 10.2. The third kappa shape index (κ3) is 9.39. The fourth-order valence-electron chi connectivity index (χ4n) is 3.79. The smallest absolute Gasteiger partial charge is 0.191 e. The van der Waals surface area contributed by atoms with Crippen LogP contribution in [0.3, 0.4) is 0 Å². The number of aliphatic imine (C=N–C) groups is 1. The van der Waals surface area contributed by atoms with Gasteiger partial charge in [-0.3, -0.25) is 9.89 Å². The minimum atomic E-state index is 0. The van der Waals surface area contributed by atoms with Gasteiger partial charge in [-0.15, -0.1) is 24.0 Å². The van der Waals surface area contributed by atoms with Crippen molar-refractivity contribution in [3.05, 3.63) is 30.3 Å². The number of benzene rings is 1. The summed E-state index contributed by atoms with van der Waals surface area (Å²) in [6, 6.07) is 11.1. The van der Waals surface area contributed by atoms with Crippen molar-refractivity contribution in [1.82, 2.24) is 20.4 Å². The van der Waals surface area contributed by atoms with Gasteiger partial charge in [0.25, 0.3) is 0 Å². The second-order valence-corrected chi connectivity index (χ2v) is 7.73. The number of rotatable bonds is 11. The predicted molar refractivity (Wildman–Crippen MR) is 141 cm³/mol. The lowest BCUT2D eigenvalue weighted by Gasteiger charge is -2.37. The molecule has 7 heteroatoms. The van der Waals surface area contributed by atoms with Gasteiger partial charge >= 0.3 is 0 Å². The zero-order chi connectivity index (χ0) is 20.9. The molecule has 0 spiro atoms. The third-order valence-corrected chi connectivity index (χ3v) is 5.74. The van der Waals surface area contributed by atoms with Crippen molar-refractivity contribution in [3.8, 4) is 0 Å². The summed E-state index contributed by atoms with van der Waals surface area (Å²) in [5.74, 6) is 0.939. The van der Waals surface area contributed by atoms with Gasteiger partial charge in [-0.1, -0.05) is 25.1 Å². The van der Waals surface area contributed by atoms with Crippen molar-refractivity contribution in [2.75, 3.05) is 70.3 Å². The van der Waals surface area contributed by atoms with Crippen LogP contribution in [0.4, 0.5) is 5.69 Å². The van der Waals surface area contributed by atoms with Crippen LogP contribution in [-0.2, 0) is 0 Å². The van der Waals surface area contributed by atoms with Gasteiger partial charge in [-0.2, -0.15) is 0 Å². The van der Waals surface area contributed by atoms with E-state index in [1.54, 1.807) is 0 Å². The van der Waals surface area contributed by atoms with Crippen LogP contribution in [0.2, 0.25) is 0 Å². The molecular weight excluding hydrogens is 487 g/mol. The van der Waals surface area contributed by atoms with Gasteiger partial charge in [0.2, 0.25) is 0 Å². The van der Waals surface area contributed by atoms with Crippen LogP contribution in [0.15, 0.2) is 35.3 Å². The number of likely N-dealkylation sites (N-methyl/N-ethyl adjacent to an activating group) is 1. The van der Waals surface area contributed by atoms with E-state index in [2.05, 4.69) is 83.4 Å². The summed E-state index contributed by atoms with van der Waals surface area (Å²) in [5.41, 5.74) is 1.30. The number of para-hydroxylation sites is 1. The summed E-state index contributed by atoms with van der Waals surface area (Å²) in [7, 11) is 0. The molecule has 2 rings (SSSR count). The molecule has 1 fully saturated rings. The van der Waals surface area contributed by atoms with Crippen molar-refractivity contribution in [3.63, 3.8) is 0 Å². The number of nitrogens with zero attached hydrogens (tertiary/aromatic N) is 4. The second-order valence-electron chi connectivity index (χ2n) is 7.73. The van der Waals surface area contributed by atoms with Gasteiger partial charge < -0.3 is 20.4 Å². The van der Waals surface area contributed by atoms with E-state index in [0.29, 0.717) is 6.04 Å². The fourth-order valence-corrected chi connectivity index (χ4v) is 3.79. The van der Waals surface area contributed by atoms with Crippen LogP contribution in [0.25, 0.3) is 0 Å². The topological polar surface area (TPSA) is 46.1 Å². The number of halogens is 1. The van der Waals surface area contributed by atoms with Gasteiger partial charge in [0.1, 0.15) is 0 Å².